The number of nitrogens with one attached hydrogen (secondary N) is 1. The van der Waals surface area contributed by atoms with Gasteiger partial charge >= 0.3 is 0 Å². The summed E-state index contributed by atoms with van der Waals surface area (Å²) >= 11 is 1.45. The van der Waals surface area contributed by atoms with E-state index in [0.717, 1.165) is 40.1 Å². The third-order valence-corrected chi connectivity index (χ3v) is 6.26. The van der Waals surface area contributed by atoms with Crippen molar-refractivity contribution < 1.29 is 9.59 Å². The highest BCUT2D eigenvalue weighted by atomic mass is 32.1. The Kier molecular flexibility index (Phi) is 4.93. The molecule has 4 rings (SSSR count). The molecule has 1 fully saturated rings. The number of benzene rings is 1. The van der Waals surface area contributed by atoms with Gasteiger partial charge in [0.1, 0.15) is 4.83 Å². The normalized spacial score (nSPS) is 15.4. The van der Waals surface area contributed by atoms with Crippen LogP contribution in [-0.2, 0) is 4.79 Å². The van der Waals surface area contributed by atoms with Gasteiger partial charge < -0.3 is 10.2 Å². The van der Waals surface area contributed by atoms with Crippen LogP contribution in [-0.4, -0.2) is 45.6 Å². The summed E-state index contributed by atoms with van der Waals surface area (Å²) in [7, 11) is 0. The number of aryl methyl sites for hydroxylation is 2. The van der Waals surface area contributed by atoms with Crippen molar-refractivity contribution in [3.05, 3.63) is 46.5 Å². The van der Waals surface area contributed by atoms with Crippen molar-refractivity contribution in [3.63, 3.8) is 0 Å². The number of carbonyl (C=O) groups excluding carboxylic acids is 2. The SMILES string of the molecule is Cc1ccccc1-n1nc(C)c2cc(C(=O)NC(C)CN3CCCC3=O)sc21. The second-order valence-electron chi connectivity index (χ2n) is 7.43. The first-order chi connectivity index (χ1) is 13.4. The van der Waals surface area contributed by atoms with Gasteiger partial charge in [0.15, 0.2) is 0 Å². The molecular formula is C21H24N4O2S. The Morgan fingerprint density at radius 3 is 2.82 bits per heavy atom. The van der Waals surface area contributed by atoms with Crippen LogP contribution < -0.4 is 5.32 Å². The van der Waals surface area contributed by atoms with Crippen LogP contribution in [0.3, 0.4) is 0 Å². The number of amides is 2. The summed E-state index contributed by atoms with van der Waals surface area (Å²) < 4.78 is 1.92. The number of fused-ring (bicyclic) bond motifs is 1. The molecule has 6 nitrogen and oxygen atoms in total. The van der Waals surface area contributed by atoms with E-state index in [4.69, 9.17) is 0 Å². The molecule has 0 bridgehead atoms. The van der Waals surface area contributed by atoms with Crippen molar-refractivity contribution in [1.82, 2.24) is 20.0 Å². The molecule has 2 aromatic heterocycles. The molecule has 1 saturated heterocycles. The predicted octanol–water partition coefficient (Wildman–Crippen LogP) is 3.44. The highest BCUT2D eigenvalue weighted by Gasteiger charge is 2.23. The number of thiophene rings is 1. The van der Waals surface area contributed by atoms with Gasteiger partial charge in [0.2, 0.25) is 5.91 Å². The van der Waals surface area contributed by atoms with Crippen molar-refractivity contribution in [1.29, 1.82) is 0 Å². The van der Waals surface area contributed by atoms with Crippen LogP contribution in [0.1, 0.15) is 40.7 Å². The molecule has 0 radical (unpaired) electrons. The molecule has 28 heavy (non-hydrogen) atoms. The minimum atomic E-state index is -0.101. The van der Waals surface area contributed by atoms with Crippen LogP contribution in [0, 0.1) is 13.8 Å². The first-order valence-corrected chi connectivity index (χ1v) is 10.4. The summed E-state index contributed by atoms with van der Waals surface area (Å²) in [5, 5.41) is 8.70. The summed E-state index contributed by atoms with van der Waals surface area (Å²) in [5.74, 6) is 0.0768. The molecule has 1 aliphatic heterocycles. The first kappa shape index (κ1) is 18.7. The fourth-order valence-corrected chi connectivity index (χ4v) is 4.77. The number of aromatic nitrogens is 2. The topological polar surface area (TPSA) is 67.2 Å². The van der Waals surface area contributed by atoms with E-state index < -0.39 is 0 Å². The highest BCUT2D eigenvalue weighted by Crippen LogP contribution is 2.31. The summed E-state index contributed by atoms with van der Waals surface area (Å²) in [6, 6.07) is 9.92. The third kappa shape index (κ3) is 3.42. The quantitative estimate of drug-likeness (QED) is 0.718. The van der Waals surface area contributed by atoms with Crippen molar-refractivity contribution in [3.8, 4) is 5.69 Å². The number of hydrogen-bond donors (Lipinski definition) is 1. The summed E-state index contributed by atoms with van der Waals surface area (Å²) in [6.45, 7) is 7.31. The first-order valence-electron chi connectivity index (χ1n) is 9.58. The van der Waals surface area contributed by atoms with Crippen molar-refractivity contribution in [2.24, 2.45) is 0 Å². The third-order valence-electron chi connectivity index (χ3n) is 5.16. The maximum atomic E-state index is 12.8. The molecule has 146 valence electrons. The van der Waals surface area contributed by atoms with Gasteiger partial charge in [0, 0.05) is 30.9 Å². The van der Waals surface area contributed by atoms with Gasteiger partial charge in [-0.1, -0.05) is 18.2 Å². The average molecular weight is 397 g/mol. The van der Waals surface area contributed by atoms with Gasteiger partial charge in [0.05, 0.1) is 16.3 Å². The number of rotatable bonds is 5. The molecule has 0 spiro atoms. The Labute approximate surface area is 168 Å². The maximum absolute atomic E-state index is 12.8. The van der Waals surface area contributed by atoms with E-state index in [1.54, 1.807) is 0 Å². The van der Waals surface area contributed by atoms with Gasteiger partial charge in [-0.05, 0) is 44.9 Å². The molecule has 0 saturated carbocycles. The fourth-order valence-electron chi connectivity index (χ4n) is 3.69. The van der Waals surface area contributed by atoms with Crippen LogP contribution >= 0.6 is 11.3 Å². The van der Waals surface area contributed by atoms with Crippen LogP contribution in [0.2, 0.25) is 0 Å². The van der Waals surface area contributed by atoms with Crippen molar-refractivity contribution in [2.75, 3.05) is 13.1 Å². The molecule has 1 aliphatic rings. The maximum Gasteiger partial charge on any atom is 0.261 e. The molecule has 7 heteroatoms. The van der Waals surface area contributed by atoms with Crippen LogP contribution in [0.25, 0.3) is 15.9 Å². The second kappa shape index (κ2) is 7.39. The Morgan fingerprint density at radius 2 is 2.11 bits per heavy atom. The summed E-state index contributed by atoms with van der Waals surface area (Å²) in [4.78, 5) is 28.0. The molecule has 3 aromatic rings. The van der Waals surface area contributed by atoms with E-state index in [-0.39, 0.29) is 17.9 Å². The fraction of sp³-hybridized carbons (Fsp3) is 0.381. The molecule has 0 aliphatic carbocycles. The second-order valence-corrected chi connectivity index (χ2v) is 8.46. The molecule has 1 atom stereocenters. The minimum Gasteiger partial charge on any atom is -0.347 e. The predicted molar refractivity (Wildman–Crippen MR) is 111 cm³/mol. The van der Waals surface area contributed by atoms with E-state index >= 15 is 0 Å². The van der Waals surface area contributed by atoms with Crippen LogP contribution in [0.4, 0.5) is 0 Å². The number of carbonyl (C=O) groups is 2. The zero-order chi connectivity index (χ0) is 19.8. The standard InChI is InChI=1S/C21H24N4O2S/c1-13-7-4-5-8-17(13)25-21-16(15(3)23-25)11-18(28-21)20(27)22-14(2)12-24-10-6-9-19(24)26/h4-5,7-8,11,14H,6,9-10,12H2,1-3H3,(H,22,27). The number of nitrogens with zero attached hydrogens (tertiary/aromatic N) is 3. The molecule has 1 unspecified atom stereocenters. The summed E-state index contributed by atoms with van der Waals surface area (Å²) in [6.07, 6.45) is 1.52. The van der Waals surface area contributed by atoms with E-state index in [2.05, 4.69) is 23.4 Å². The van der Waals surface area contributed by atoms with Gasteiger partial charge in [-0.3, -0.25) is 9.59 Å². The monoisotopic (exact) mass is 396 g/mol. The largest absolute Gasteiger partial charge is 0.347 e. The van der Waals surface area contributed by atoms with Gasteiger partial charge in [-0.25, -0.2) is 4.68 Å². The minimum absolute atomic E-state index is 0.0891. The van der Waals surface area contributed by atoms with Gasteiger partial charge in [-0.15, -0.1) is 11.3 Å². The van der Waals surface area contributed by atoms with Gasteiger partial charge in [0.25, 0.3) is 5.91 Å². The Hall–Kier alpha value is -2.67. The molecular weight excluding hydrogens is 372 g/mol. The lowest BCUT2D eigenvalue weighted by Crippen LogP contribution is -2.42. The Bertz CT molecular complexity index is 1050. The Morgan fingerprint density at radius 1 is 1.32 bits per heavy atom. The van der Waals surface area contributed by atoms with E-state index in [1.807, 2.05) is 47.7 Å². The Balaban J connectivity index is 1.56. The highest BCUT2D eigenvalue weighted by molar-refractivity contribution is 7.20. The smallest absolute Gasteiger partial charge is 0.261 e. The number of hydrogen-bond acceptors (Lipinski definition) is 4. The van der Waals surface area contributed by atoms with Crippen LogP contribution in [0.5, 0.6) is 0 Å². The lowest BCUT2D eigenvalue weighted by atomic mass is 10.2. The number of likely N-dealkylation sites (tertiary alicyclic amines) is 1. The lowest BCUT2D eigenvalue weighted by molar-refractivity contribution is -0.127. The molecule has 1 N–H and O–H groups in total. The lowest BCUT2D eigenvalue weighted by Gasteiger charge is -2.21. The van der Waals surface area contributed by atoms with E-state index in [9.17, 15) is 9.59 Å². The zero-order valence-electron chi connectivity index (χ0n) is 16.4. The van der Waals surface area contributed by atoms with Gasteiger partial charge in [-0.2, -0.15) is 5.10 Å². The van der Waals surface area contributed by atoms with E-state index in [0.29, 0.717) is 17.8 Å². The number of para-hydroxylation sites is 1. The van der Waals surface area contributed by atoms with Crippen LogP contribution in [0.15, 0.2) is 30.3 Å². The molecule has 2 amide bonds. The molecule has 1 aromatic carbocycles. The average Bonchev–Trinajstić information content (AvgIpc) is 3.33. The van der Waals surface area contributed by atoms with Crippen molar-refractivity contribution >= 4 is 33.4 Å². The van der Waals surface area contributed by atoms with Crippen molar-refractivity contribution in [2.45, 2.75) is 39.7 Å². The zero-order valence-corrected chi connectivity index (χ0v) is 17.2. The van der Waals surface area contributed by atoms with E-state index in [1.165, 1.54) is 11.3 Å². The molecule has 3 heterocycles. The summed E-state index contributed by atoms with van der Waals surface area (Å²) in [5.41, 5.74) is 3.06.